The van der Waals surface area contributed by atoms with Gasteiger partial charge in [-0.15, -0.1) is 11.3 Å². The van der Waals surface area contributed by atoms with E-state index in [0.717, 1.165) is 17.1 Å². The van der Waals surface area contributed by atoms with E-state index in [4.69, 9.17) is 4.74 Å². The van der Waals surface area contributed by atoms with Gasteiger partial charge in [-0.1, -0.05) is 36.4 Å². The summed E-state index contributed by atoms with van der Waals surface area (Å²) in [6.45, 7) is 0.582. The molecule has 0 unspecified atom stereocenters. The lowest BCUT2D eigenvalue weighted by molar-refractivity contribution is 0.184. The topological polar surface area (TPSA) is 22.1 Å². The van der Waals surface area contributed by atoms with Crippen molar-refractivity contribution >= 4 is 11.3 Å². The Bertz CT molecular complexity index is 806. The highest BCUT2D eigenvalue weighted by atomic mass is 32.1. The van der Waals surface area contributed by atoms with E-state index in [1.807, 2.05) is 0 Å². The van der Waals surface area contributed by atoms with Crippen molar-refractivity contribution in [2.45, 2.75) is 13.0 Å². The van der Waals surface area contributed by atoms with Crippen LogP contribution in [0.5, 0.6) is 0 Å². The summed E-state index contributed by atoms with van der Waals surface area (Å²) < 4.78 is 5.15. The first kappa shape index (κ1) is 12.7. The van der Waals surface area contributed by atoms with Gasteiger partial charge in [-0.2, -0.15) is 0 Å². The Morgan fingerprint density at radius 3 is 2.86 bits per heavy atom. The zero-order valence-corrected chi connectivity index (χ0v) is 12.6. The molecule has 1 aromatic heterocycles. The minimum absolute atomic E-state index is 0.582. The smallest absolute Gasteiger partial charge is 0.119 e. The van der Waals surface area contributed by atoms with Crippen LogP contribution in [0.3, 0.4) is 0 Å². The Morgan fingerprint density at radius 2 is 1.95 bits per heavy atom. The second-order valence-corrected chi connectivity index (χ2v) is 6.21. The van der Waals surface area contributed by atoms with E-state index in [1.54, 1.807) is 18.4 Å². The molecule has 2 aromatic carbocycles. The maximum Gasteiger partial charge on any atom is 0.119 e. The van der Waals surface area contributed by atoms with Gasteiger partial charge in [-0.3, -0.25) is 0 Å². The zero-order valence-electron chi connectivity index (χ0n) is 11.8. The van der Waals surface area contributed by atoms with Crippen LogP contribution in [0.4, 0.5) is 0 Å². The van der Waals surface area contributed by atoms with Gasteiger partial charge in [0.1, 0.15) is 5.01 Å². The normalized spacial score (nSPS) is 12.2. The molecule has 3 aromatic rings. The summed E-state index contributed by atoms with van der Waals surface area (Å²) in [5, 5.41) is 3.13. The molecule has 0 spiro atoms. The van der Waals surface area contributed by atoms with Crippen molar-refractivity contribution < 1.29 is 4.74 Å². The Morgan fingerprint density at radius 1 is 1.10 bits per heavy atom. The summed E-state index contributed by atoms with van der Waals surface area (Å²) in [4.78, 5) is 4.65. The third-order valence-corrected chi connectivity index (χ3v) is 4.74. The Labute approximate surface area is 128 Å². The van der Waals surface area contributed by atoms with Crippen molar-refractivity contribution in [3.05, 3.63) is 64.0 Å². The standard InChI is InChI=1S/C18H15NOS/c1-20-10-18-19-17(11-21-18)14-7-6-13-8-12-4-2-3-5-15(12)16(13)9-14/h2-7,9,11H,8,10H2,1H3. The molecule has 0 bridgehead atoms. The molecular formula is C18H15NOS. The maximum atomic E-state index is 5.15. The third-order valence-electron chi connectivity index (χ3n) is 3.91. The lowest BCUT2D eigenvalue weighted by atomic mass is 10.0. The highest BCUT2D eigenvalue weighted by Crippen LogP contribution is 2.38. The van der Waals surface area contributed by atoms with Crippen LogP contribution < -0.4 is 0 Å². The number of hydrogen-bond donors (Lipinski definition) is 0. The number of rotatable bonds is 3. The molecule has 0 atom stereocenters. The molecule has 1 aliphatic rings. The van der Waals surface area contributed by atoms with E-state index in [9.17, 15) is 0 Å². The molecule has 2 nitrogen and oxygen atoms in total. The van der Waals surface area contributed by atoms with Crippen molar-refractivity contribution in [2.24, 2.45) is 0 Å². The maximum absolute atomic E-state index is 5.15. The number of nitrogens with zero attached hydrogens (tertiary/aromatic N) is 1. The first-order chi connectivity index (χ1) is 10.3. The molecule has 104 valence electrons. The van der Waals surface area contributed by atoms with Crippen LogP contribution in [0.1, 0.15) is 16.1 Å². The average Bonchev–Trinajstić information content (AvgIpc) is 3.11. The predicted octanol–water partition coefficient (Wildman–Crippen LogP) is 4.53. The van der Waals surface area contributed by atoms with Gasteiger partial charge < -0.3 is 4.74 Å². The van der Waals surface area contributed by atoms with Crippen LogP contribution in [-0.4, -0.2) is 12.1 Å². The molecule has 0 fully saturated rings. The fraction of sp³-hybridized carbons (Fsp3) is 0.167. The van der Waals surface area contributed by atoms with Crippen LogP contribution in [0, 0.1) is 0 Å². The summed E-state index contributed by atoms with van der Waals surface area (Å²) in [6, 6.07) is 15.3. The molecule has 1 heterocycles. The first-order valence-electron chi connectivity index (χ1n) is 7.00. The molecular weight excluding hydrogens is 278 g/mol. The van der Waals surface area contributed by atoms with Gasteiger partial charge in [0.2, 0.25) is 0 Å². The quantitative estimate of drug-likeness (QED) is 0.554. The average molecular weight is 293 g/mol. The summed E-state index contributed by atoms with van der Waals surface area (Å²) >= 11 is 1.65. The highest BCUT2D eigenvalue weighted by molar-refractivity contribution is 7.09. The van der Waals surface area contributed by atoms with Crippen molar-refractivity contribution in [2.75, 3.05) is 7.11 Å². The molecule has 3 heteroatoms. The van der Waals surface area contributed by atoms with E-state index in [0.29, 0.717) is 6.61 Å². The van der Waals surface area contributed by atoms with E-state index in [1.165, 1.54) is 27.8 Å². The molecule has 0 radical (unpaired) electrons. The summed E-state index contributed by atoms with van der Waals surface area (Å²) in [6.07, 6.45) is 1.04. The third kappa shape index (κ3) is 2.19. The largest absolute Gasteiger partial charge is 0.378 e. The van der Waals surface area contributed by atoms with Crippen LogP contribution in [0.15, 0.2) is 47.8 Å². The molecule has 0 N–H and O–H groups in total. The van der Waals surface area contributed by atoms with E-state index in [-0.39, 0.29) is 0 Å². The first-order valence-corrected chi connectivity index (χ1v) is 7.88. The SMILES string of the molecule is COCc1nc(-c2ccc3c(c2)-c2ccccc2C3)cs1. The van der Waals surface area contributed by atoms with Gasteiger partial charge in [0.05, 0.1) is 12.3 Å². The molecule has 0 amide bonds. The summed E-state index contributed by atoms with van der Waals surface area (Å²) in [5.41, 5.74) is 7.77. The molecule has 0 saturated heterocycles. The predicted molar refractivity (Wildman–Crippen MR) is 86.5 cm³/mol. The number of hydrogen-bond acceptors (Lipinski definition) is 3. The fourth-order valence-corrected chi connectivity index (χ4v) is 3.69. The number of fused-ring (bicyclic) bond motifs is 3. The van der Waals surface area contributed by atoms with Crippen LogP contribution >= 0.6 is 11.3 Å². The van der Waals surface area contributed by atoms with Gasteiger partial charge >= 0.3 is 0 Å². The molecule has 1 aliphatic carbocycles. The second kappa shape index (κ2) is 5.10. The summed E-state index contributed by atoms with van der Waals surface area (Å²) in [7, 11) is 1.70. The Hall–Kier alpha value is -1.97. The highest BCUT2D eigenvalue weighted by Gasteiger charge is 2.18. The zero-order chi connectivity index (χ0) is 14.2. The molecule has 21 heavy (non-hydrogen) atoms. The van der Waals surface area contributed by atoms with E-state index >= 15 is 0 Å². The lowest BCUT2D eigenvalue weighted by Gasteiger charge is -2.03. The fourth-order valence-electron chi connectivity index (χ4n) is 2.92. The van der Waals surface area contributed by atoms with E-state index in [2.05, 4.69) is 52.8 Å². The van der Waals surface area contributed by atoms with Gasteiger partial charge in [0.15, 0.2) is 0 Å². The van der Waals surface area contributed by atoms with Crippen molar-refractivity contribution in [1.29, 1.82) is 0 Å². The number of methoxy groups -OCH3 is 1. The van der Waals surface area contributed by atoms with Crippen molar-refractivity contribution in [1.82, 2.24) is 4.98 Å². The van der Waals surface area contributed by atoms with Crippen molar-refractivity contribution in [3.8, 4) is 22.4 Å². The number of aromatic nitrogens is 1. The van der Waals surface area contributed by atoms with Gasteiger partial charge in [0.25, 0.3) is 0 Å². The van der Waals surface area contributed by atoms with Crippen LogP contribution in [0.25, 0.3) is 22.4 Å². The van der Waals surface area contributed by atoms with Crippen LogP contribution in [0.2, 0.25) is 0 Å². The molecule has 0 aliphatic heterocycles. The minimum atomic E-state index is 0.582. The Kier molecular flexibility index (Phi) is 3.09. The monoisotopic (exact) mass is 293 g/mol. The van der Waals surface area contributed by atoms with Gasteiger partial charge in [-0.25, -0.2) is 4.98 Å². The molecule has 0 saturated carbocycles. The second-order valence-electron chi connectivity index (χ2n) is 5.27. The number of benzene rings is 2. The number of thiazole rings is 1. The minimum Gasteiger partial charge on any atom is -0.378 e. The lowest BCUT2D eigenvalue weighted by Crippen LogP contribution is -1.87. The van der Waals surface area contributed by atoms with Crippen molar-refractivity contribution in [3.63, 3.8) is 0 Å². The number of ether oxygens (including phenoxy) is 1. The van der Waals surface area contributed by atoms with E-state index < -0.39 is 0 Å². The van der Waals surface area contributed by atoms with Gasteiger partial charge in [0, 0.05) is 18.1 Å². The summed E-state index contributed by atoms with van der Waals surface area (Å²) in [5.74, 6) is 0. The molecule has 4 rings (SSSR count). The van der Waals surface area contributed by atoms with Gasteiger partial charge in [-0.05, 0) is 34.7 Å². The Balaban J connectivity index is 1.76. The van der Waals surface area contributed by atoms with Crippen LogP contribution in [-0.2, 0) is 17.8 Å².